The molecule has 12 heteroatoms. The first-order valence-corrected chi connectivity index (χ1v) is 9.78. The van der Waals surface area contributed by atoms with E-state index < -0.39 is 29.3 Å². The maximum Gasteiger partial charge on any atom is 0.321 e. The third kappa shape index (κ3) is 10.8. The molecule has 0 fully saturated rings. The molecular weight excluding hydrogens is 414 g/mol. The summed E-state index contributed by atoms with van der Waals surface area (Å²) in [6.07, 6.45) is 1.44. The van der Waals surface area contributed by atoms with Gasteiger partial charge in [0.25, 0.3) is 0 Å². The van der Waals surface area contributed by atoms with E-state index in [4.69, 9.17) is 10.8 Å². The summed E-state index contributed by atoms with van der Waals surface area (Å²) in [5.41, 5.74) is 5.25. The Kier molecular flexibility index (Phi) is 11.3. The Morgan fingerprint density at radius 3 is 2.32 bits per heavy atom. The van der Waals surface area contributed by atoms with Crippen LogP contribution in [0.3, 0.4) is 0 Å². The Labute approximate surface area is 178 Å². The van der Waals surface area contributed by atoms with Gasteiger partial charge in [-0.25, -0.2) is 13.6 Å². The van der Waals surface area contributed by atoms with Crippen molar-refractivity contribution in [2.45, 2.75) is 39.2 Å². The normalized spacial score (nSPS) is 11.0. The second-order valence-electron chi connectivity index (χ2n) is 6.47. The minimum Gasteiger partial charge on any atom is -0.508 e. The van der Waals surface area contributed by atoms with Crippen LogP contribution in [0.2, 0.25) is 0 Å². The van der Waals surface area contributed by atoms with Gasteiger partial charge in [0, 0.05) is 56.7 Å². The molecular formula is C19H28F2N6O4. The van der Waals surface area contributed by atoms with Gasteiger partial charge < -0.3 is 26.8 Å². The van der Waals surface area contributed by atoms with E-state index in [9.17, 15) is 23.2 Å². The molecule has 0 saturated carbocycles. The fourth-order valence-electron chi connectivity index (χ4n) is 2.33. The number of phenolic OH excluding ortho intramolecular Hbond substituents is 1. The maximum absolute atomic E-state index is 13.6. The summed E-state index contributed by atoms with van der Waals surface area (Å²) in [6, 6.07) is 0.983. The Balaban J connectivity index is 2.18. The van der Waals surface area contributed by atoms with Gasteiger partial charge in [0.1, 0.15) is 17.4 Å². The standard InChI is InChI=1S/C19H28F2N6O4/c1-2-16(29)23-7-8-25-19(31)27-18(22)24-6-4-3-5-17(30)26-11-13-14(20)9-12(28)10-15(13)21/h9-10,28H,2-8,11H2,1H3,(H,23,29)(H,26,30)(H4,22,24,25,27,31). The molecule has 0 spiro atoms. The average molecular weight is 442 g/mol. The van der Waals surface area contributed by atoms with Crippen molar-refractivity contribution in [2.24, 2.45) is 10.7 Å². The van der Waals surface area contributed by atoms with Crippen molar-refractivity contribution in [2.75, 3.05) is 19.6 Å². The number of phenols is 1. The van der Waals surface area contributed by atoms with E-state index in [1.165, 1.54) is 0 Å². The van der Waals surface area contributed by atoms with Crippen LogP contribution in [0.5, 0.6) is 5.75 Å². The molecule has 1 rings (SSSR count). The van der Waals surface area contributed by atoms with E-state index in [0.29, 0.717) is 25.8 Å². The molecule has 10 nitrogen and oxygen atoms in total. The number of amides is 4. The molecule has 0 aliphatic heterocycles. The number of nitrogens with two attached hydrogens (primary N) is 1. The lowest BCUT2D eigenvalue weighted by Crippen LogP contribution is -2.45. The molecule has 31 heavy (non-hydrogen) atoms. The molecule has 0 aliphatic carbocycles. The highest BCUT2D eigenvalue weighted by molar-refractivity contribution is 5.95. The van der Waals surface area contributed by atoms with Gasteiger partial charge in [0.2, 0.25) is 11.8 Å². The number of halogens is 2. The Hall–Kier alpha value is -3.44. The molecule has 7 N–H and O–H groups in total. The lowest BCUT2D eigenvalue weighted by Gasteiger charge is -2.08. The topological polar surface area (TPSA) is 158 Å². The van der Waals surface area contributed by atoms with Gasteiger partial charge in [-0.2, -0.15) is 0 Å². The number of guanidine groups is 1. The Morgan fingerprint density at radius 1 is 1.03 bits per heavy atom. The summed E-state index contributed by atoms with van der Waals surface area (Å²) in [4.78, 5) is 38.4. The van der Waals surface area contributed by atoms with E-state index in [1.807, 2.05) is 0 Å². The number of nitrogens with one attached hydrogen (secondary N) is 4. The van der Waals surface area contributed by atoms with E-state index >= 15 is 0 Å². The quantitative estimate of drug-likeness (QED) is 0.168. The van der Waals surface area contributed by atoms with Gasteiger partial charge in [0.05, 0.1) is 0 Å². The molecule has 0 atom stereocenters. The predicted molar refractivity (Wildman–Crippen MR) is 110 cm³/mol. The van der Waals surface area contributed by atoms with Crippen LogP contribution in [0, 0.1) is 11.6 Å². The zero-order valence-electron chi connectivity index (χ0n) is 17.3. The number of unbranched alkanes of at least 4 members (excludes halogenated alkanes) is 1. The van der Waals surface area contributed by atoms with Crippen LogP contribution in [-0.2, 0) is 16.1 Å². The zero-order chi connectivity index (χ0) is 23.2. The van der Waals surface area contributed by atoms with Gasteiger partial charge in [0.15, 0.2) is 5.96 Å². The fourth-order valence-corrected chi connectivity index (χ4v) is 2.33. The lowest BCUT2D eigenvalue weighted by molar-refractivity contribution is -0.121. The third-order valence-electron chi connectivity index (χ3n) is 3.98. The molecule has 0 heterocycles. The molecule has 0 saturated heterocycles. The van der Waals surface area contributed by atoms with Crippen molar-refractivity contribution in [3.63, 3.8) is 0 Å². The van der Waals surface area contributed by atoms with Crippen molar-refractivity contribution in [1.82, 2.24) is 21.3 Å². The van der Waals surface area contributed by atoms with Crippen LogP contribution < -0.4 is 27.0 Å². The molecule has 4 amide bonds. The number of rotatable bonds is 11. The lowest BCUT2D eigenvalue weighted by atomic mass is 10.1. The first-order valence-electron chi connectivity index (χ1n) is 9.78. The van der Waals surface area contributed by atoms with Gasteiger partial charge in [-0.1, -0.05) is 6.92 Å². The minimum atomic E-state index is -0.940. The number of aromatic hydroxyl groups is 1. The van der Waals surface area contributed by atoms with Gasteiger partial charge in [-0.05, 0) is 12.8 Å². The number of aliphatic imine (C=N–C) groups is 1. The van der Waals surface area contributed by atoms with Crippen LogP contribution in [0.1, 0.15) is 38.2 Å². The number of hydrogen-bond acceptors (Lipinski definition) is 5. The zero-order valence-corrected chi connectivity index (χ0v) is 17.3. The van der Waals surface area contributed by atoms with E-state index in [2.05, 4.69) is 26.3 Å². The summed E-state index contributed by atoms with van der Waals surface area (Å²) in [7, 11) is 0. The highest BCUT2D eigenvalue weighted by Crippen LogP contribution is 2.19. The van der Waals surface area contributed by atoms with Gasteiger partial charge in [-0.15, -0.1) is 0 Å². The summed E-state index contributed by atoms with van der Waals surface area (Å²) in [6.45, 7) is 2.19. The molecule has 0 radical (unpaired) electrons. The molecule has 1 aromatic carbocycles. The SMILES string of the molecule is CCC(=O)NCCNC(=O)NC(N)=NCCCCC(=O)NCc1c(F)cc(O)cc1F. The average Bonchev–Trinajstić information content (AvgIpc) is 2.69. The number of hydrogen-bond donors (Lipinski definition) is 6. The van der Waals surface area contributed by atoms with E-state index in [-0.39, 0.29) is 43.5 Å². The van der Waals surface area contributed by atoms with Crippen molar-refractivity contribution in [1.29, 1.82) is 0 Å². The number of benzene rings is 1. The first kappa shape index (κ1) is 25.6. The molecule has 172 valence electrons. The fraction of sp³-hybridized carbons (Fsp3) is 0.474. The van der Waals surface area contributed by atoms with Gasteiger partial charge >= 0.3 is 6.03 Å². The van der Waals surface area contributed by atoms with Crippen molar-refractivity contribution < 1.29 is 28.3 Å². The second kappa shape index (κ2) is 13.7. The van der Waals surface area contributed by atoms with Crippen LogP contribution in [-0.4, -0.2) is 48.5 Å². The summed E-state index contributed by atoms with van der Waals surface area (Å²) in [5.74, 6) is -3.00. The summed E-state index contributed by atoms with van der Waals surface area (Å²) >= 11 is 0. The number of carbonyl (C=O) groups excluding carboxylic acids is 3. The number of nitrogens with zero attached hydrogens (tertiary/aromatic N) is 1. The van der Waals surface area contributed by atoms with Crippen molar-refractivity contribution in [3.8, 4) is 5.75 Å². The molecule has 0 aromatic heterocycles. The maximum atomic E-state index is 13.6. The van der Waals surface area contributed by atoms with Crippen LogP contribution >= 0.6 is 0 Å². The van der Waals surface area contributed by atoms with Crippen LogP contribution in [0.15, 0.2) is 17.1 Å². The highest BCUT2D eigenvalue weighted by atomic mass is 19.1. The van der Waals surface area contributed by atoms with Crippen LogP contribution in [0.25, 0.3) is 0 Å². The Bertz CT molecular complexity index is 781. The van der Waals surface area contributed by atoms with Gasteiger partial charge in [-0.3, -0.25) is 19.9 Å². The van der Waals surface area contributed by atoms with Crippen molar-refractivity contribution in [3.05, 3.63) is 29.3 Å². The van der Waals surface area contributed by atoms with E-state index in [0.717, 1.165) is 12.1 Å². The molecule has 0 aliphatic rings. The highest BCUT2D eigenvalue weighted by Gasteiger charge is 2.12. The summed E-state index contributed by atoms with van der Waals surface area (Å²) < 4.78 is 27.2. The van der Waals surface area contributed by atoms with E-state index in [1.54, 1.807) is 6.92 Å². The van der Waals surface area contributed by atoms with Crippen LogP contribution in [0.4, 0.5) is 13.6 Å². The van der Waals surface area contributed by atoms with Crippen molar-refractivity contribution >= 4 is 23.8 Å². The third-order valence-corrected chi connectivity index (χ3v) is 3.98. The predicted octanol–water partition coefficient (Wildman–Crippen LogP) is 0.597. The smallest absolute Gasteiger partial charge is 0.321 e. The largest absolute Gasteiger partial charge is 0.508 e. The molecule has 0 unspecified atom stereocenters. The second-order valence-corrected chi connectivity index (χ2v) is 6.47. The molecule has 1 aromatic rings. The number of carbonyl (C=O) groups is 3. The minimum absolute atomic E-state index is 0.0853. The number of urea groups is 1. The molecule has 0 bridgehead atoms. The summed E-state index contributed by atoms with van der Waals surface area (Å²) in [5, 5.41) is 18.9. The Morgan fingerprint density at radius 2 is 1.68 bits per heavy atom. The first-order chi connectivity index (χ1) is 14.7. The monoisotopic (exact) mass is 442 g/mol.